The predicted molar refractivity (Wildman–Crippen MR) is 109 cm³/mol. The van der Waals surface area contributed by atoms with Gasteiger partial charge in [0.2, 0.25) is 5.91 Å². The molecule has 0 N–H and O–H groups in total. The summed E-state index contributed by atoms with van der Waals surface area (Å²) in [6.45, 7) is 6.59. The summed E-state index contributed by atoms with van der Waals surface area (Å²) >= 11 is 3.12. The van der Waals surface area contributed by atoms with Crippen molar-refractivity contribution in [3.63, 3.8) is 0 Å². The second-order valence-electron chi connectivity index (χ2n) is 8.00. The first-order chi connectivity index (χ1) is 13.0. The fourth-order valence-electron chi connectivity index (χ4n) is 4.29. The molecule has 27 heavy (non-hydrogen) atoms. The highest BCUT2D eigenvalue weighted by molar-refractivity contribution is 7.99. The lowest BCUT2D eigenvalue weighted by Crippen LogP contribution is -2.48. The van der Waals surface area contributed by atoms with E-state index in [2.05, 4.69) is 37.0 Å². The van der Waals surface area contributed by atoms with Crippen LogP contribution in [-0.2, 0) is 17.6 Å². The van der Waals surface area contributed by atoms with Crippen LogP contribution in [0, 0.1) is 5.92 Å². The molecule has 3 atom stereocenters. The zero-order valence-electron chi connectivity index (χ0n) is 16.2. The van der Waals surface area contributed by atoms with Gasteiger partial charge in [-0.25, -0.2) is 0 Å². The van der Waals surface area contributed by atoms with Gasteiger partial charge < -0.3 is 9.32 Å². The van der Waals surface area contributed by atoms with E-state index in [0.29, 0.717) is 29.0 Å². The van der Waals surface area contributed by atoms with E-state index in [4.69, 9.17) is 4.42 Å². The van der Waals surface area contributed by atoms with Crippen molar-refractivity contribution in [2.45, 2.75) is 76.6 Å². The van der Waals surface area contributed by atoms with Crippen LogP contribution in [-0.4, -0.2) is 38.8 Å². The number of hydrogen-bond donors (Lipinski definition) is 0. The molecule has 146 valence electrons. The maximum atomic E-state index is 12.6. The smallest absolute Gasteiger partial charge is 0.277 e. The highest BCUT2D eigenvalue weighted by Gasteiger charge is 2.29. The molecule has 0 unspecified atom stereocenters. The lowest BCUT2D eigenvalue weighted by atomic mass is 9.90. The molecule has 2 aromatic heterocycles. The summed E-state index contributed by atoms with van der Waals surface area (Å²) in [7, 11) is 0. The summed E-state index contributed by atoms with van der Waals surface area (Å²) in [6, 6.07) is 2.85. The Kier molecular flexibility index (Phi) is 5.60. The first kappa shape index (κ1) is 19.0. The van der Waals surface area contributed by atoms with E-state index in [1.165, 1.54) is 35.0 Å². The molecule has 5 nitrogen and oxygen atoms in total. The van der Waals surface area contributed by atoms with Crippen molar-refractivity contribution >= 4 is 29.0 Å². The van der Waals surface area contributed by atoms with Crippen LogP contribution < -0.4 is 0 Å². The number of aromatic nitrogens is 2. The fourth-order valence-corrected chi connectivity index (χ4v) is 6.05. The minimum absolute atomic E-state index is 0.167. The molecular formula is C20H27N3O2S2. The third kappa shape index (κ3) is 4.09. The molecule has 1 saturated heterocycles. The summed E-state index contributed by atoms with van der Waals surface area (Å²) < 4.78 is 5.85. The number of hydrogen-bond acceptors (Lipinski definition) is 6. The number of likely N-dealkylation sites (tertiary alicyclic amines) is 1. The van der Waals surface area contributed by atoms with Gasteiger partial charge in [0.15, 0.2) is 0 Å². The summed E-state index contributed by atoms with van der Waals surface area (Å²) in [5.41, 5.74) is 1.43. The maximum Gasteiger partial charge on any atom is 0.277 e. The zero-order valence-corrected chi connectivity index (χ0v) is 17.9. The van der Waals surface area contributed by atoms with Crippen molar-refractivity contribution in [3.05, 3.63) is 16.5 Å². The number of carbonyl (C=O) groups excluding carboxylic acids is 1. The summed E-state index contributed by atoms with van der Waals surface area (Å²) in [4.78, 5) is 17.2. The van der Waals surface area contributed by atoms with E-state index < -0.39 is 0 Å². The molecule has 0 spiro atoms. The SMILES string of the molecule is C[C@H]1CCc2sc(-c3nnc(SCC(=O)N4[C@@H](C)CCC[C@@H]4C)o3)cc2C1. The number of rotatable bonds is 4. The fraction of sp³-hybridized carbons (Fsp3) is 0.650. The van der Waals surface area contributed by atoms with E-state index >= 15 is 0 Å². The van der Waals surface area contributed by atoms with Gasteiger partial charge >= 0.3 is 0 Å². The molecule has 1 aliphatic carbocycles. The quantitative estimate of drug-likeness (QED) is 0.684. The van der Waals surface area contributed by atoms with Crippen LogP contribution in [0.4, 0.5) is 0 Å². The number of thioether (sulfide) groups is 1. The normalized spacial score (nSPS) is 25.4. The molecule has 1 aliphatic heterocycles. The van der Waals surface area contributed by atoms with Gasteiger partial charge in [-0.05, 0) is 69.9 Å². The van der Waals surface area contributed by atoms with Crippen LogP contribution in [0.3, 0.4) is 0 Å². The van der Waals surface area contributed by atoms with Crippen molar-refractivity contribution < 1.29 is 9.21 Å². The second-order valence-corrected chi connectivity index (χ2v) is 10.1. The Balaban J connectivity index is 1.39. The third-order valence-corrected chi connectivity index (χ3v) is 7.78. The first-order valence-corrected chi connectivity index (χ1v) is 11.7. The lowest BCUT2D eigenvalue weighted by Gasteiger charge is -2.39. The Labute approximate surface area is 168 Å². The average molecular weight is 406 g/mol. The van der Waals surface area contributed by atoms with Crippen molar-refractivity contribution in [2.75, 3.05) is 5.75 Å². The van der Waals surface area contributed by atoms with Crippen molar-refractivity contribution in [3.8, 4) is 10.8 Å². The number of nitrogens with zero attached hydrogens (tertiary/aromatic N) is 3. The van der Waals surface area contributed by atoms with Gasteiger partial charge in [-0.2, -0.15) is 0 Å². The van der Waals surface area contributed by atoms with Crippen LogP contribution >= 0.6 is 23.1 Å². The largest absolute Gasteiger partial charge is 0.410 e. The Morgan fingerprint density at radius 2 is 2.04 bits per heavy atom. The lowest BCUT2D eigenvalue weighted by molar-refractivity contribution is -0.134. The molecular weight excluding hydrogens is 378 g/mol. The standard InChI is InChI=1S/C20H27N3O2S2/c1-12-7-8-16-15(9-12)10-17(27-16)19-21-22-20(25-19)26-11-18(24)23-13(2)5-4-6-14(23)3/h10,12-14H,4-9,11H2,1-3H3/t12-,13-,14-/m0/s1. The van der Waals surface area contributed by atoms with Gasteiger partial charge in [-0.1, -0.05) is 18.7 Å². The number of amides is 1. The van der Waals surface area contributed by atoms with E-state index in [1.54, 1.807) is 11.3 Å². The van der Waals surface area contributed by atoms with E-state index in [1.807, 2.05) is 4.90 Å². The van der Waals surface area contributed by atoms with Crippen LogP contribution in [0.25, 0.3) is 10.8 Å². The van der Waals surface area contributed by atoms with Crippen LogP contribution in [0.1, 0.15) is 56.9 Å². The van der Waals surface area contributed by atoms with Gasteiger partial charge in [0.1, 0.15) is 0 Å². The van der Waals surface area contributed by atoms with Gasteiger partial charge in [0, 0.05) is 17.0 Å². The molecule has 7 heteroatoms. The highest BCUT2D eigenvalue weighted by atomic mass is 32.2. The molecule has 2 aliphatic rings. The molecule has 0 aromatic carbocycles. The van der Waals surface area contributed by atoms with Crippen molar-refractivity contribution in [1.82, 2.24) is 15.1 Å². The molecule has 2 aromatic rings. The summed E-state index contributed by atoms with van der Waals surface area (Å²) in [5.74, 6) is 1.85. The Bertz CT molecular complexity index is 806. The zero-order chi connectivity index (χ0) is 19.0. The molecule has 0 saturated carbocycles. The monoisotopic (exact) mass is 405 g/mol. The third-order valence-electron chi connectivity index (χ3n) is 5.75. The maximum absolute atomic E-state index is 12.6. The number of thiophene rings is 1. The average Bonchev–Trinajstić information content (AvgIpc) is 3.26. The predicted octanol–water partition coefficient (Wildman–Crippen LogP) is 4.80. The van der Waals surface area contributed by atoms with Crippen LogP contribution in [0.15, 0.2) is 15.7 Å². The molecule has 4 rings (SSSR count). The Hall–Kier alpha value is -1.34. The van der Waals surface area contributed by atoms with Gasteiger partial charge in [0.05, 0.1) is 10.6 Å². The minimum Gasteiger partial charge on any atom is -0.410 e. The minimum atomic E-state index is 0.167. The van der Waals surface area contributed by atoms with E-state index in [0.717, 1.165) is 36.5 Å². The first-order valence-electron chi connectivity index (χ1n) is 9.90. The molecule has 1 amide bonds. The summed E-state index contributed by atoms with van der Waals surface area (Å²) in [5, 5.41) is 8.85. The van der Waals surface area contributed by atoms with Crippen LogP contribution in [0.2, 0.25) is 0 Å². The molecule has 3 heterocycles. The molecule has 0 bridgehead atoms. The second kappa shape index (κ2) is 7.95. The van der Waals surface area contributed by atoms with E-state index in [-0.39, 0.29) is 5.91 Å². The van der Waals surface area contributed by atoms with Crippen molar-refractivity contribution in [2.24, 2.45) is 5.92 Å². The van der Waals surface area contributed by atoms with Gasteiger partial charge in [-0.3, -0.25) is 4.79 Å². The molecule has 0 radical (unpaired) electrons. The van der Waals surface area contributed by atoms with Crippen molar-refractivity contribution in [1.29, 1.82) is 0 Å². The number of aryl methyl sites for hydroxylation is 1. The molecule has 1 fully saturated rings. The summed E-state index contributed by atoms with van der Waals surface area (Å²) in [6.07, 6.45) is 6.93. The number of carbonyl (C=O) groups is 1. The van der Waals surface area contributed by atoms with E-state index in [9.17, 15) is 4.79 Å². The van der Waals surface area contributed by atoms with Gasteiger partial charge in [-0.15, -0.1) is 21.5 Å². The Morgan fingerprint density at radius 3 is 2.81 bits per heavy atom. The topological polar surface area (TPSA) is 59.2 Å². The Morgan fingerprint density at radius 1 is 1.26 bits per heavy atom. The highest BCUT2D eigenvalue weighted by Crippen LogP contribution is 2.37. The number of fused-ring (bicyclic) bond motifs is 1. The van der Waals surface area contributed by atoms with Crippen LogP contribution in [0.5, 0.6) is 0 Å². The number of piperidine rings is 1. The van der Waals surface area contributed by atoms with Gasteiger partial charge in [0.25, 0.3) is 11.1 Å².